The molecule has 2 aromatic carbocycles. The lowest BCUT2D eigenvalue weighted by Crippen LogP contribution is -2.29. The zero-order valence-corrected chi connectivity index (χ0v) is 23.0. The summed E-state index contributed by atoms with van der Waals surface area (Å²) in [4.78, 5) is 18.1. The maximum Gasteiger partial charge on any atom is 0.282 e. The van der Waals surface area contributed by atoms with Crippen LogP contribution in [0.3, 0.4) is 0 Å². The minimum Gasteiger partial charge on any atom is -0.490 e. The molecule has 1 aromatic heterocycles. The van der Waals surface area contributed by atoms with E-state index in [1.807, 2.05) is 45.9 Å². The van der Waals surface area contributed by atoms with Crippen LogP contribution in [0.25, 0.3) is 10.9 Å². The molecule has 0 N–H and O–H groups in total. The van der Waals surface area contributed by atoms with E-state index in [9.17, 15) is 4.79 Å². The normalized spacial score (nSPS) is 12.5. The van der Waals surface area contributed by atoms with Gasteiger partial charge in [0.25, 0.3) is 5.56 Å². The van der Waals surface area contributed by atoms with E-state index in [0.29, 0.717) is 52.0 Å². The summed E-state index contributed by atoms with van der Waals surface area (Å²) in [6.07, 6.45) is 1.59. The molecular formula is C26H31BrClN3O3. The molecule has 1 heterocycles. The van der Waals surface area contributed by atoms with Gasteiger partial charge in [-0.3, -0.25) is 4.79 Å². The first-order chi connectivity index (χ1) is 15.8. The number of benzene rings is 2. The van der Waals surface area contributed by atoms with E-state index in [2.05, 4.69) is 41.8 Å². The van der Waals surface area contributed by atoms with E-state index in [1.54, 1.807) is 18.3 Å². The van der Waals surface area contributed by atoms with Gasteiger partial charge in [-0.1, -0.05) is 69.1 Å². The molecule has 182 valence electrons. The third kappa shape index (κ3) is 6.19. The van der Waals surface area contributed by atoms with Crippen molar-refractivity contribution in [2.75, 3.05) is 13.2 Å². The minimum atomic E-state index is -0.406. The number of hydrogen-bond acceptors (Lipinski definition) is 5. The fourth-order valence-corrected chi connectivity index (χ4v) is 3.85. The first-order valence-electron chi connectivity index (χ1n) is 11.2. The van der Waals surface area contributed by atoms with Crippen molar-refractivity contribution in [1.29, 1.82) is 0 Å². The standard InChI is InChI=1S/C26H31BrClN3O3/c1-8-33-21-12-16(11-19(28)22(21)34-15-25(2,3)4)14-29-31-23(32)18-13-17(27)9-10-20(18)30-24(31)26(5,6)7/h9-14H,8,15H2,1-7H3. The predicted octanol–water partition coefficient (Wildman–Crippen LogP) is 6.82. The number of rotatable bonds is 6. The Bertz CT molecular complexity index is 1290. The topological polar surface area (TPSA) is 65.7 Å². The van der Waals surface area contributed by atoms with Crippen LogP contribution in [0.1, 0.15) is 59.9 Å². The lowest BCUT2D eigenvalue weighted by Gasteiger charge is -2.21. The highest BCUT2D eigenvalue weighted by Gasteiger charge is 2.23. The van der Waals surface area contributed by atoms with Crippen LogP contribution in [0.15, 0.2) is 44.7 Å². The second-order valence-electron chi connectivity index (χ2n) is 10.3. The summed E-state index contributed by atoms with van der Waals surface area (Å²) in [5.41, 5.74) is 0.629. The van der Waals surface area contributed by atoms with Crippen LogP contribution in [0.5, 0.6) is 11.5 Å². The SMILES string of the molecule is CCOc1cc(C=Nn2c(C(C)(C)C)nc3ccc(Br)cc3c2=O)cc(Cl)c1OCC(C)(C)C. The third-order valence-electron chi connectivity index (χ3n) is 4.78. The molecule has 3 rings (SSSR count). The molecule has 0 fully saturated rings. The van der Waals surface area contributed by atoms with Gasteiger partial charge < -0.3 is 9.47 Å². The van der Waals surface area contributed by atoms with Crippen molar-refractivity contribution >= 4 is 44.6 Å². The van der Waals surface area contributed by atoms with E-state index in [4.69, 9.17) is 26.1 Å². The summed E-state index contributed by atoms with van der Waals surface area (Å²) in [6, 6.07) is 9.01. The van der Waals surface area contributed by atoms with Crippen molar-refractivity contribution in [3.05, 3.63) is 61.6 Å². The molecule has 0 bridgehead atoms. The van der Waals surface area contributed by atoms with Gasteiger partial charge in [-0.05, 0) is 48.2 Å². The number of halogens is 2. The van der Waals surface area contributed by atoms with Crippen molar-refractivity contribution < 1.29 is 9.47 Å². The third-order valence-corrected chi connectivity index (χ3v) is 5.56. The van der Waals surface area contributed by atoms with Crippen molar-refractivity contribution in [2.45, 2.75) is 53.9 Å². The molecule has 0 saturated heterocycles. The van der Waals surface area contributed by atoms with Gasteiger partial charge >= 0.3 is 0 Å². The van der Waals surface area contributed by atoms with Gasteiger partial charge in [-0.15, -0.1) is 0 Å². The van der Waals surface area contributed by atoms with E-state index < -0.39 is 5.41 Å². The van der Waals surface area contributed by atoms with E-state index in [1.165, 1.54) is 4.68 Å². The van der Waals surface area contributed by atoms with E-state index >= 15 is 0 Å². The molecule has 8 heteroatoms. The van der Waals surface area contributed by atoms with Crippen LogP contribution in [-0.4, -0.2) is 29.1 Å². The molecule has 0 saturated carbocycles. The largest absolute Gasteiger partial charge is 0.490 e. The highest BCUT2D eigenvalue weighted by molar-refractivity contribution is 9.10. The molecular weight excluding hydrogens is 518 g/mol. The molecule has 0 amide bonds. The molecule has 0 atom stereocenters. The zero-order chi connectivity index (χ0) is 25.3. The second-order valence-corrected chi connectivity index (χ2v) is 11.6. The number of fused-ring (bicyclic) bond motifs is 1. The van der Waals surface area contributed by atoms with Crippen molar-refractivity contribution in [1.82, 2.24) is 9.66 Å². The van der Waals surface area contributed by atoms with Crippen molar-refractivity contribution in [3.63, 3.8) is 0 Å². The molecule has 0 spiro atoms. The monoisotopic (exact) mass is 547 g/mol. The van der Waals surface area contributed by atoms with Gasteiger partial charge in [0.1, 0.15) is 5.82 Å². The van der Waals surface area contributed by atoms with Gasteiger partial charge in [0, 0.05) is 9.89 Å². The average Bonchev–Trinajstić information content (AvgIpc) is 2.71. The Hall–Kier alpha value is -2.38. The summed E-state index contributed by atoms with van der Waals surface area (Å²) in [6.45, 7) is 15.1. The molecule has 0 unspecified atom stereocenters. The first-order valence-corrected chi connectivity index (χ1v) is 12.3. The van der Waals surface area contributed by atoms with Crippen LogP contribution in [0, 0.1) is 5.41 Å². The Balaban J connectivity index is 2.10. The van der Waals surface area contributed by atoms with Gasteiger partial charge in [0.2, 0.25) is 0 Å². The Kier molecular flexibility index (Phi) is 7.78. The average molecular weight is 549 g/mol. The van der Waals surface area contributed by atoms with Gasteiger partial charge in [-0.2, -0.15) is 9.78 Å². The van der Waals surface area contributed by atoms with Gasteiger partial charge in [-0.25, -0.2) is 4.98 Å². The Morgan fingerprint density at radius 2 is 1.82 bits per heavy atom. The molecule has 0 aliphatic heterocycles. The van der Waals surface area contributed by atoms with Crippen LogP contribution in [-0.2, 0) is 5.41 Å². The number of nitrogens with zero attached hydrogens (tertiary/aromatic N) is 3. The lowest BCUT2D eigenvalue weighted by atomic mass is 9.95. The molecule has 0 aliphatic rings. The Labute approximate surface area is 214 Å². The molecule has 3 aromatic rings. The summed E-state index contributed by atoms with van der Waals surface area (Å²) in [7, 11) is 0. The quantitative estimate of drug-likeness (QED) is 0.317. The van der Waals surface area contributed by atoms with Crippen molar-refractivity contribution in [3.8, 4) is 11.5 Å². The van der Waals surface area contributed by atoms with Crippen LogP contribution in [0.2, 0.25) is 5.02 Å². The maximum absolute atomic E-state index is 13.4. The smallest absolute Gasteiger partial charge is 0.282 e. The highest BCUT2D eigenvalue weighted by atomic mass is 79.9. The van der Waals surface area contributed by atoms with E-state index in [0.717, 1.165) is 4.47 Å². The summed E-state index contributed by atoms with van der Waals surface area (Å²) < 4.78 is 13.9. The van der Waals surface area contributed by atoms with Crippen LogP contribution >= 0.6 is 27.5 Å². The summed E-state index contributed by atoms with van der Waals surface area (Å²) in [5, 5.41) is 5.43. The molecule has 6 nitrogen and oxygen atoms in total. The van der Waals surface area contributed by atoms with Gasteiger partial charge in [0.15, 0.2) is 11.5 Å². The fraction of sp³-hybridized carbons (Fsp3) is 0.423. The summed E-state index contributed by atoms with van der Waals surface area (Å²) >= 11 is 9.99. The van der Waals surface area contributed by atoms with Crippen LogP contribution in [0.4, 0.5) is 0 Å². The Morgan fingerprint density at radius 1 is 1.12 bits per heavy atom. The molecule has 0 aliphatic carbocycles. The highest BCUT2D eigenvalue weighted by Crippen LogP contribution is 2.37. The number of ether oxygens (including phenoxy) is 2. The lowest BCUT2D eigenvalue weighted by molar-refractivity contribution is 0.189. The summed E-state index contributed by atoms with van der Waals surface area (Å²) in [5.74, 6) is 1.59. The molecule has 0 radical (unpaired) electrons. The van der Waals surface area contributed by atoms with E-state index in [-0.39, 0.29) is 11.0 Å². The zero-order valence-electron chi connectivity index (χ0n) is 20.7. The number of aromatic nitrogens is 2. The minimum absolute atomic E-state index is 0.0322. The maximum atomic E-state index is 13.4. The second kappa shape index (κ2) is 10.1. The van der Waals surface area contributed by atoms with Crippen molar-refractivity contribution in [2.24, 2.45) is 10.5 Å². The molecule has 34 heavy (non-hydrogen) atoms. The Morgan fingerprint density at radius 3 is 2.44 bits per heavy atom. The first kappa shape index (κ1) is 26.2. The van der Waals surface area contributed by atoms with Gasteiger partial charge in [0.05, 0.1) is 35.4 Å². The fourth-order valence-electron chi connectivity index (χ4n) is 3.22. The number of hydrogen-bond donors (Lipinski definition) is 0. The predicted molar refractivity (Wildman–Crippen MR) is 143 cm³/mol. The van der Waals surface area contributed by atoms with Crippen LogP contribution < -0.4 is 15.0 Å².